The topological polar surface area (TPSA) is 49.6 Å². The first-order valence-electron chi connectivity index (χ1n) is 7.72. The summed E-state index contributed by atoms with van der Waals surface area (Å²) >= 11 is 0. The van der Waals surface area contributed by atoms with Gasteiger partial charge in [0.25, 0.3) is 0 Å². The number of hydrogen-bond acceptors (Lipinski definition) is 3. The molecule has 1 unspecified atom stereocenters. The second-order valence-corrected chi connectivity index (χ2v) is 5.90. The lowest BCUT2D eigenvalue weighted by Gasteiger charge is -2.23. The monoisotopic (exact) mass is 291 g/mol. The second kappa shape index (κ2) is 8.67. The second-order valence-electron chi connectivity index (χ2n) is 5.90. The van der Waals surface area contributed by atoms with Gasteiger partial charge in [0.05, 0.1) is 0 Å². The first-order valence-corrected chi connectivity index (χ1v) is 7.72. The van der Waals surface area contributed by atoms with E-state index in [0.29, 0.717) is 6.42 Å². The van der Waals surface area contributed by atoms with Crippen molar-refractivity contribution in [3.05, 3.63) is 29.8 Å². The van der Waals surface area contributed by atoms with E-state index in [1.165, 1.54) is 5.56 Å². The van der Waals surface area contributed by atoms with Crippen molar-refractivity contribution in [1.82, 2.24) is 9.80 Å². The predicted octanol–water partition coefficient (Wildman–Crippen LogP) is 2.56. The van der Waals surface area contributed by atoms with Crippen molar-refractivity contribution in [2.45, 2.75) is 32.6 Å². The fourth-order valence-electron chi connectivity index (χ4n) is 2.37. The lowest BCUT2D eigenvalue weighted by Crippen LogP contribution is -2.33. The molecule has 0 radical (unpaired) electrons. The molecule has 0 bridgehead atoms. The average Bonchev–Trinajstić information content (AvgIpc) is 2.43. The van der Waals surface area contributed by atoms with Crippen LogP contribution in [0.1, 0.15) is 38.2 Å². The van der Waals surface area contributed by atoms with Crippen LogP contribution in [0, 0.1) is 0 Å². The van der Waals surface area contributed by atoms with E-state index in [2.05, 4.69) is 25.9 Å². The number of carbonyl (C=O) groups is 1. The first kappa shape index (κ1) is 17.5. The van der Waals surface area contributed by atoms with Gasteiger partial charge in [-0.2, -0.15) is 0 Å². The summed E-state index contributed by atoms with van der Waals surface area (Å²) in [6.45, 7) is 6.76. The molecule has 4 nitrogen and oxygen atoms in total. The molecule has 0 spiro atoms. The molecule has 1 atom stereocenters. The number of nitrogens with two attached hydrogens (primary N) is 1. The van der Waals surface area contributed by atoms with Crippen LogP contribution in [0.5, 0.6) is 0 Å². The highest BCUT2D eigenvalue weighted by Crippen LogP contribution is 2.21. The van der Waals surface area contributed by atoms with E-state index >= 15 is 0 Å². The predicted molar refractivity (Wildman–Crippen MR) is 89.3 cm³/mol. The van der Waals surface area contributed by atoms with Gasteiger partial charge in [-0.15, -0.1) is 0 Å². The molecule has 0 fully saturated rings. The highest BCUT2D eigenvalue weighted by Gasteiger charge is 2.16. The maximum Gasteiger partial charge on any atom is 0.223 e. The number of anilines is 1. The molecule has 4 heteroatoms. The van der Waals surface area contributed by atoms with E-state index in [-0.39, 0.29) is 11.8 Å². The van der Waals surface area contributed by atoms with Crippen LogP contribution in [-0.4, -0.2) is 49.4 Å². The zero-order valence-corrected chi connectivity index (χ0v) is 13.8. The maximum absolute atomic E-state index is 12.4. The van der Waals surface area contributed by atoms with Crippen molar-refractivity contribution in [3.63, 3.8) is 0 Å². The zero-order valence-electron chi connectivity index (χ0n) is 13.8. The third kappa shape index (κ3) is 6.17. The van der Waals surface area contributed by atoms with Crippen molar-refractivity contribution in [3.8, 4) is 0 Å². The Hall–Kier alpha value is -1.55. The van der Waals surface area contributed by atoms with Crippen molar-refractivity contribution < 1.29 is 4.79 Å². The summed E-state index contributed by atoms with van der Waals surface area (Å²) in [4.78, 5) is 16.5. The number of carbonyl (C=O) groups excluding carboxylic acids is 1. The van der Waals surface area contributed by atoms with E-state index in [9.17, 15) is 4.79 Å². The molecule has 118 valence electrons. The SMILES string of the molecule is CCN(CCCN(C)C)C(=O)CC(C)c1ccc(N)cc1. The van der Waals surface area contributed by atoms with E-state index < -0.39 is 0 Å². The summed E-state index contributed by atoms with van der Waals surface area (Å²) in [5.74, 6) is 0.460. The molecule has 21 heavy (non-hydrogen) atoms. The highest BCUT2D eigenvalue weighted by atomic mass is 16.2. The molecule has 1 amide bonds. The largest absolute Gasteiger partial charge is 0.399 e. The fraction of sp³-hybridized carbons (Fsp3) is 0.588. The Balaban J connectivity index is 2.50. The van der Waals surface area contributed by atoms with Gasteiger partial charge in [-0.25, -0.2) is 0 Å². The van der Waals surface area contributed by atoms with Crippen LogP contribution < -0.4 is 5.73 Å². The van der Waals surface area contributed by atoms with Crippen molar-refractivity contribution in [2.75, 3.05) is 39.5 Å². The van der Waals surface area contributed by atoms with Crippen LogP contribution in [0.2, 0.25) is 0 Å². The molecule has 1 rings (SSSR count). The summed E-state index contributed by atoms with van der Waals surface area (Å²) in [6.07, 6.45) is 1.57. The minimum Gasteiger partial charge on any atom is -0.399 e. The van der Waals surface area contributed by atoms with Crippen molar-refractivity contribution >= 4 is 11.6 Å². The van der Waals surface area contributed by atoms with Gasteiger partial charge in [-0.05, 0) is 57.6 Å². The molecule has 0 aliphatic rings. The Bertz CT molecular complexity index is 428. The smallest absolute Gasteiger partial charge is 0.223 e. The third-order valence-electron chi connectivity index (χ3n) is 3.75. The van der Waals surface area contributed by atoms with Gasteiger partial charge in [0, 0.05) is 25.2 Å². The Morgan fingerprint density at radius 2 is 1.81 bits per heavy atom. The van der Waals surface area contributed by atoms with E-state index in [1.807, 2.05) is 36.1 Å². The van der Waals surface area contributed by atoms with Gasteiger partial charge in [0.15, 0.2) is 0 Å². The summed E-state index contributed by atoms with van der Waals surface area (Å²) in [5.41, 5.74) is 7.63. The van der Waals surface area contributed by atoms with Crippen LogP contribution >= 0.6 is 0 Å². The summed E-state index contributed by atoms with van der Waals surface area (Å²) in [7, 11) is 4.11. The molecule has 1 aromatic rings. The molecule has 1 aromatic carbocycles. The van der Waals surface area contributed by atoms with Gasteiger partial charge in [0.1, 0.15) is 0 Å². The lowest BCUT2D eigenvalue weighted by molar-refractivity contribution is -0.131. The van der Waals surface area contributed by atoms with Crippen molar-refractivity contribution in [2.24, 2.45) is 0 Å². The molecular weight excluding hydrogens is 262 g/mol. The van der Waals surface area contributed by atoms with Gasteiger partial charge < -0.3 is 15.5 Å². The van der Waals surface area contributed by atoms with E-state index in [1.54, 1.807) is 0 Å². The minimum atomic E-state index is 0.223. The van der Waals surface area contributed by atoms with Crippen LogP contribution in [0.25, 0.3) is 0 Å². The molecule has 0 saturated heterocycles. The van der Waals surface area contributed by atoms with Crippen LogP contribution in [0.4, 0.5) is 5.69 Å². The molecular formula is C17H29N3O. The number of hydrogen-bond donors (Lipinski definition) is 1. The molecule has 0 heterocycles. The Kier molecular flexibility index (Phi) is 7.23. The molecule has 2 N–H and O–H groups in total. The van der Waals surface area contributed by atoms with Gasteiger partial charge >= 0.3 is 0 Å². The third-order valence-corrected chi connectivity index (χ3v) is 3.75. The van der Waals surface area contributed by atoms with Gasteiger partial charge in [-0.3, -0.25) is 4.79 Å². The lowest BCUT2D eigenvalue weighted by atomic mass is 9.97. The van der Waals surface area contributed by atoms with E-state index in [0.717, 1.165) is 31.7 Å². The fourth-order valence-corrected chi connectivity index (χ4v) is 2.37. The summed E-state index contributed by atoms with van der Waals surface area (Å²) in [6, 6.07) is 7.81. The minimum absolute atomic E-state index is 0.223. The average molecular weight is 291 g/mol. The summed E-state index contributed by atoms with van der Waals surface area (Å²) in [5, 5.41) is 0. The highest BCUT2D eigenvalue weighted by molar-refractivity contribution is 5.77. The maximum atomic E-state index is 12.4. The number of nitrogens with zero attached hydrogens (tertiary/aromatic N) is 2. The Morgan fingerprint density at radius 1 is 1.19 bits per heavy atom. The number of amides is 1. The Morgan fingerprint density at radius 3 is 2.33 bits per heavy atom. The van der Waals surface area contributed by atoms with Gasteiger partial charge in [-0.1, -0.05) is 19.1 Å². The first-order chi connectivity index (χ1) is 9.93. The molecule has 0 aliphatic carbocycles. The molecule has 0 aromatic heterocycles. The quantitative estimate of drug-likeness (QED) is 0.749. The van der Waals surface area contributed by atoms with Crippen LogP contribution in [-0.2, 0) is 4.79 Å². The van der Waals surface area contributed by atoms with Gasteiger partial charge in [0.2, 0.25) is 5.91 Å². The Labute approximate surface area is 128 Å². The van der Waals surface area contributed by atoms with Crippen molar-refractivity contribution in [1.29, 1.82) is 0 Å². The number of rotatable bonds is 8. The number of nitrogen functional groups attached to an aromatic ring is 1. The standard InChI is InChI=1S/C17H29N3O/c1-5-20(12-6-11-19(3)4)17(21)13-14(2)15-7-9-16(18)10-8-15/h7-10,14H,5-6,11-13,18H2,1-4H3. The molecule has 0 saturated carbocycles. The normalized spacial score (nSPS) is 12.4. The van der Waals surface area contributed by atoms with E-state index in [4.69, 9.17) is 5.73 Å². The number of benzene rings is 1. The summed E-state index contributed by atoms with van der Waals surface area (Å²) < 4.78 is 0. The zero-order chi connectivity index (χ0) is 15.8. The molecule has 0 aliphatic heterocycles. The van der Waals surface area contributed by atoms with Crippen LogP contribution in [0.15, 0.2) is 24.3 Å². The van der Waals surface area contributed by atoms with Crippen LogP contribution in [0.3, 0.4) is 0 Å².